The first kappa shape index (κ1) is 21.4. The number of rotatable bonds is 11. The fourth-order valence-electron chi connectivity index (χ4n) is 3.27. The molecule has 3 aromatic rings. The normalized spacial score (nSPS) is 11.7. The fourth-order valence-corrected chi connectivity index (χ4v) is 4.10. The van der Waals surface area contributed by atoms with Gasteiger partial charge in [0.2, 0.25) is 11.7 Å². The van der Waals surface area contributed by atoms with Crippen molar-refractivity contribution in [2.24, 2.45) is 5.92 Å². The Morgan fingerprint density at radius 1 is 1.31 bits per heavy atom. The molecule has 9 heteroatoms. The van der Waals surface area contributed by atoms with Gasteiger partial charge in [-0.05, 0) is 36.6 Å². The van der Waals surface area contributed by atoms with E-state index in [-0.39, 0.29) is 11.5 Å². The highest BCUT2D eigenvalue weighted by molar-refractivity contribution is 7.17. The van der Waals surface area contributed by atoms with Gasteiger partial charge in [0.1, 0.15) is 10.5 Å². The molecular formula is C20H29N5O3S. The Labute approximate surface area is 173 Å². The summed E-state index contributed by atoms with van der Waals surface area (Å²) in [6.45, 7) is 6.16. The molecule has 1 N–H and O–H groups in total. The lowest BCUT2D eigenvalue weighted by Crippen LogP contribution is -2.25. The molecule has 0 bridgehead atoms. The number of carbonyl (C=O) groups is 1. The van der Waals surface area contributed by atoms with E-state index in [9.17, 15) is 9.59 Å². The van der Waals surface area contributed by atoms with Gasteiger partial charge >= 0.3 is 0 Å². The van der Waals surface area contributed by atoms with Gasteiger partial charge < -0.3 is 10.1 Å². The molecule has 158 valence electrons. The Kier molecular flexibility index (Phi) is 7.38. The molecule has 0 aliphatic heterocycles. The van der Waals surface area contributed by atoms with E-state index in [4.69, 9.17) is 4.74 Å². The average Bonchev–Trinajstić information content (AvgIpc) is 3.32. The number of methoxy groups -OCH3 is 1. The minimum Gasteiger partial charge on any atom is -0.385 e. The number of carbonyl (C=O) groups excluding carboxylic acids is 1. The monoisotopic (exact) mass is 419 g/mol. The number of nitrogens with one attached hydrogen (secondary N) is 1. The van der Waals surface area contributed by atoms with E-state index >= 15 is 0 Å². The number of hydrogen-bond acceptors (Lipinski definition) is 6. The van der Waals surface area contributed by atoms with Crippen LogP contribution in [0.5, 0.6) is 0 Å². The molecule has 0 saturated carbocycles. The first-order chi connectivity index (χ1) is 14.0. The molecule has 0 fully saturated rings. The quantitative estimate of drug-likeness (QED) is 0.483. The standard InChI is InChI=1S/C20H29N5O3S/c1-14(2)8-11-24-19(27)18-15(9-13-29-18)25-16(22-23-20(24)25)6-4-7-17(26)21-10-5-12-28-3/h9,13-14H,4-8,10-12H2,1-3H3,(H,21,26). The van der Waals surface area contributed by atoms with Crippen molar-refractivity contribution in [2.45, 2.75) is 52.5 Å². The zero-order valence-corrected chi connectivity index (χ0v) is 18.1. The summed E-state index contributed by atoms with van der Waals surface area (Å²) >= 11 is 1.45. The molecule has 3 aromatic heterocycles. The van der Waals surface area contributed by atoms with E-state index in [1.807, 2.05) is 15.8 Å². The van der Waals surface area contributed by atoms with Gasteiger partial charge in [0.05, 0.1) is 5.52 Å². The Morgan fingerprint density at radius 2 is 2.14 bits per heavy atom. The largest absolute Gasteiger partial charge is 0.385 e. The number of hydrogen-bond donors (Lipinski definition) is 1. The third kappa shape index (κ3) is 5.02. The van der Waals surface area contributed by atoms with Gasteiger partial charge in [0, 0.05) is 39.6 Å². The number of thiophene rings is 1. The second-order valence-electron chi connectivity index (χ2n) is 7.58. The third-order valence-electron chi connectivity index (χ3n) is 4.86. The summed E-state index contributed by atoms with van der Waals surface area (Å²) in [6.07, 6.45) is 3.44. The minimum absolute atomic E-state index is 0.00228. The van der Waals surface area contributed by atoms with Crippen LogP contribution in [0.15, 0.2) is 16.2 Å². The number of amides is 1. The van der Waals surface area contributed by atoms with Crippen molar-refractivity contribution >= 4 is 33.2 Å². The van der Waals surface area contributed by atoms with Crippen molar-refractivity contribution in [1.82, 2.24) is 24.5 Å². The number of ether oxygens (including phenoxy) is 1. The van der Waals surface area contributed by atoms with Crippen LogP contribution in [0.4, 0.5) is 0 Å². The second kappa shape index (κ2) is 9.98. The first-order valence-electron chi connectivity index (χ1n) is 10.1. The highest BCUT2D eigenvalue weighted by Gasteiger charge is 2.17. The molecule has 0 aliphatic rings. The van der Waals surface area contributed by atoms with Gasteiger partial charge in [-0.3, -0.25) is 18.6 Å². The number of aryl methyl sites for hydroxylation is 2. The van der Waals surface area contributed by atoms with Gasteiger partial charge in [0.25, 0.3) is 5.56 Å². The summed E-state index contributed by atoms with van der Waals surface area (Å²) in [6, 6.07) is 1.94. The first-order valence-corrected chi connectivity index (χ1v) is 11.0. The number of fused-ring (bicyclic) bond motifs is 3. The summed E-state index contributed by atoms with van der Waals surface area (Å²) in [7, 11) is 1.65. The lowest BCUT2D eigenvalue weighted by molar-refractivity contribution is -0.121. The second-order valence-corrected chi connectivity index (χ2v) is 8.49. The summed E-state index contributed by atoms with van der Waals surface area (Å²) in [5, 5.41) is 13.5. The molecule has 0 spiro atoms. The Bertz CT molecular complexity index is 1020. The number of aromatic nitrogens is 4. The molecule has 0 aliphatic carbocycles. The van der Waals surface area contributed by atoms with Crippen LogP contribution in [0.2, 0.25) is 0 Å². The van der Waals surface area contributed by atoms with E-state index in [1.165, 1.54) is 11.3 Å². The van der Waals surface area contributed by atoms with Crippen molar-refractivity contribution in [3.05, 3.63) is 27.6 Å². The molecule has 3 heterocycles. The van der Waals surface area contributed by atoms with Crippen molar-refractivity contribution in [1.29, 1.82) is 0 Å². The summed E-state index contributed by atoms with van der Waals surface area (Å²) in [5.74, 6) is 1.89. The third-order valence-corrected chi connectivity index (χ3v) is 5.75. The van der Waals surface area contributed by atoms with Crippen LogP contribution in [-0.2, 0) is 22.5 Å². The molecule has 0 aromatic carbocycles. The zero-order chi connectivity index (χ0) is 20.8. The lowest BCUT2D eigenvalue weighted by Gasteiger charge is -2.11. The molecule has 0 saturated heterocycles. The van der Waals surface area contributed by atoms with Crippen LogP contribution in [0, 0.1) is 5.92 Å². The predicted octanol–water partition coefficient (Wildman–Crippen LogP) is 2.63. The molecule has 29 heavy (non-hydrogen) atoms. The maximum absolute atomic E-state index is 12.9. The lowest BCUT2D eigenvalue weighted by atomic mass is 10.1. The molecule has 1 amide bonds. The number of nitrogens with zero attached hydrogens (tertiary/aromatic N) is 4. The van der Waals surface area contributed by atoms with Crippen molar-refractivity contribution < 1.29 is 9.53 Å². The van der Waals surface area contributed by atoms with Gasteiger partial charge in [-0.25, -0.2) is 0 Å². The van der Waals surface area contributed by atoms with Gasteiger partial charge in [-0.15, -0.1) is 21.5 Å². The van der Waals surface area contributed by atoms with Gasteiger partial charge in [0.15, 0.2) is 0 Å². The summed E-state index contributed by atoms with van der Waals surface area (Å²) in [4.78, 5) is 24.9. The summed E-state index contributed by atoms with van der Waals surface area (Å²) < 4.78 is 9.41. The minimum atomic E-state index is -0.00228. The predicted molar refractivity (Wildman–Crippen MR) is 115 cm³/mol. The van der Waals surface area contributed by atoms with Crippen LogP contribution >= 0.6 is 11.3 Å². The van der Waals surface area contributed by atoms with Crippen LogP contribution in [0.1, 0.15) is 45.4 Å². The topological polar surface area (TPSA) is 90.5 Å². The van der Waals surface area contributed by atoms with Crippen LogP contribution < -0.4 is 10.9 Å². The molecule has 0 unspecified atom stereocenters. The highest BCUT2D eigenvalue weighted by Crippen LogP contribution is 2.21. The van der Waals surface area contributed by atoms with Crippen molar-refractivity contribution in [3.8, 4) is 0 Å². The fraction of sp³-hybridized carbons (Fsp3) is 0.600. The van der Waals surface area contributed by atoms with Crippen LogP contribution in [0.25, 0.3) is 16.0 Å². The molecular weight excluding hydrogens is 390 g/mol. The average molecular weight is 420 g/mol. The Hall–Kier alpha value is -2.26. The maximum atomic E-state index is 12.9. The van der Waals surface area contributed by atoms with Crippen molar-refractivity contribution in [3.63, 3.8) is 0 Å². The van der Waals surface area contributed by atoms with E-state index in [0.717, 1.165) is 28.9 Å². The van der Waals surface area contributed by atoms with Crippen molar-refractivity contribution in [2.75, 3.05) is 20.3 Å². The molecule has 0 atom stereocenters. The van der Waals surface area contributed by atoms with E-state index in [2.05, 4.69) is 29.4 Å². The van der Waals surface area contributed by atoms with Gasteiger partial charge in [-0.2, -0.15) is 0 Å². The Balaban J connectivity index is 1.76. The molecule has 3 rings (SSSR count). The smallest absolute Gasteiger partial charge is 0.272 e. The van der Waals surface area contributed by atoms with Crippen LogP contribution in [-0.4, -0.2) is 45.3 Å². The van der Waals surface area contributed by atoms with E-state index < -0.39 is 0 Å². The SMILES string of the molecule is COCCCNC(=O)CCCc1nnc2n(CCC(C)C)c(=O)c3sccc3n12. The van der Waals surface area contributed by atoms with E-state index in [0.29, 0.717) is 50.7 Å². The Morgan fingerprint density at radius 3 is 2.90 bits per heavy atom. The van der Waals surface area contributed by atoms with Gasteiger partial charge in [-0.1, -0.05) is 13.8 Å². The highest BCUT2D eigenvalue weighted by atomic mass is 32.1. The summed E-state index contributed by atoms with van der Waals surface area (Å²) in [5.41, 5.74) is 0.845. The zero-order valence-electron chi connectivity index (χ0n) is 17.3. The molecule has 0 radical (unpaired) electrons. The van der Waals surface area contributed by atoms with E-state index in [1.54, 1.807) is 11.7 Å². The maximum Gasteiger partial charge on any atom is 0.272 e. The van der Waals surface area contributed by atoms with Crippen LogP contribution in [0.3, 0.4) is 0 Å². The molecule has 8 nitrogen and oxygen atoms in total.